The summed E-state index contributed by atoms with van der Waals surface area (Å²) in [4.78, 5) is 0. The lowest BCUT2D eigenvalue weighted by Gasteiger charge is -2.13. The van der Waals surface area contributed by atoms with Crippen molar-refractivity contribution in [1.82, 2.24) is 0 Å². The summed E-state index contributed by atoms with van der Waals surface area (Å²) in [6.45, 7) is 3.49. The van der Waals surface area contributed by atoms with Crippen molar-refractivity contribution in [2.75, 3.05) is 0 Å². The minimum atomic E-state index is -0.421. The van der Waals surface area contributed by atoms with E-state index in [0.717, 1.165) is 12.0 Å². The Morgan fingerprint density at radius 3 is 2.33 bits per heavy atom. The molecule has 1 fully saturated rings. The predicted molar refractivity (Wildman–Crippen MR) is 58.2 cm³/mol. The maximum Gasteiger partial charge on any atom is 0.129 e. The Hall–Kier alpha value is -0.890. The number of halogens is 1. The van der Waals surface area contributed by atoms with E-state index in [2.05, 4.69) is 0 Å². The van der Waals surface area contributed by atoms with Crippen molar-refractivity contribution in [3.05, 3.63) is 34.6 Å². The molecular weight excluding hydrogens is 191 g/mol. The van der Waals surface area contributed by atoms with E-state index < -0.39 is 6.10 Å². The molecule has 82 valence electrons. The van der Waals surface area contributed by atoms with Crippen LogP contribution in [0.15, 0.2) is 12.1 Å². The summed E-state index contributed by atoms with van der Waals surface area (Å²) < 4.78 is 13.4. The Bertz CT molecular complexity index is 346. The van der Waals surface area contributed by atoms with Crippen molar-refractivity contribution in [3.8, 4) is 0 Å². The van der Waals surface area contributed by atoms with Gasteiger partial charge in [-0.1, -0.05) is 25.0 Å². The Labute approximate surface area is 89.9 Å². The zero-order valence-corrected chi connectivity index (χ0v) is 9.26. The fourth-order valence-electron chi connectivity index (χ4n) is 1.98. The van der Waals surface area contributed by atoms with Crippen molar-refractivity contribution in [2.24, 2.45) is 5.92 Å². The minimum absolute atomic E-state index is 0.155. The van der Waals surface area contributed by atoms with Crippen LogP contribution in [0.5, 0.6) is 0 Å². The molecular formula is C13H17FO. The van der Waals surface area contributed by atoms with Gasteiger partial charge in [0, 0.05) is 0 Å². The van der Waals surface area contributed by atoms with E-state index in [9.17, 15) is 9.50 Å². The Balaban J connectivity index is 2.19. The lowest BCUT2D eigenvalue weighted by molar-refractivity contribution is 0.160. The number of aliphatic hydroxyl groups excluding tert-OH is 1. The predicted octanol–water partition coefficient (Wildman–Crippen LogP) is 3.28. The molecule has 0 aliphatic heterocycles. The van der Waals surface area contributed by atoms with Gasteiger partial charge in [0.25, 0.3) is 0 Å². The van der Waals surface area contributed by atoms with Gasteiger partial charge in [-0.25, -0.2) is 4.39 Å². The van der Waals surface area contributed by atoms with Gasteiger partial charge >= 0.3 is 0 Å². The molecule has 1 atom stereocenters. The number of hydrogen-bond donors (Lipinski definition) is 1. The molecule has 15 heavy (non-hydrogen) atoms. The summed E-state index contributed by atoms with van der Waals surface area (Å²) in [5.74, 6) is 0.531. The van der Waals surface area contributed by atoms with E-state index in [-0.39, 0.29) is 5.82 Å². The van der Waals surface area contributed by atoms with Crippen LogP contribution in [0.25, 0.3) is 0 Å². The quantitative estimate of drug-likeness (QED) is 0.808. The van der Waals surface area contributed by atoms with Crippen molar-refractivity contribution in [1.29, 1.82) is 0 Å². The van der Waals surface area contributed by atoms with Gasteiger partial charge in [-0.3, -0.25) is 0 Å². The van der Waals surface area contributed by atoms with Crippen LogP contribution in [-0.2, 0) is 0 Å². The fraction of sp³-hybridized carbons (Fsp3) is 0.538. The number of aryl methyl sites for hydroxylation is 2. The van der Waals surface area contributed by atoms with Gasteiger partial charge < -0.3 is 5.11 Å². The van der Waals surface area contributed by atoms with Crippen molar-refractivity contribution in [3.63, 3.8) is 0 Å². The van der Waals surface area contributed by atoms with Crippen LogP contribution < -0.4 is 0 Å². The molecule has 1 aliphatic rings. The number of hydrogen-bond acceptors (Lipinski definition) is 1. The molecule has 1 N–H and O–H groups in total. The summed E-state index contributed by atoms with van der Waals surface area (Å²) in [6, 6.07) is 3.52. The van der Waals surface area contributed by atoms with E-state index in [1.807, 2.05) is 0 Å². The van der Waals surface area contributed by atoms with E-state index in [1.165, 1.54) is 12.8 Å². The molecule has 1 aromatic rings. The summed E-state index contributed by atoms with van der Waals surface area (Å²) >= 11 is 0. The molecule has 0 amide bonds. The van der Waals surface area contributed by atoms with E-state index >= 15 is 0 Å². The highest BCUT2D eigenvalue weighted by molar-refractivity contribution is 5.31. The van der Waals surface area contributed by atoms with Crippen LogP contribution in [0.1, 0.15) is 42.1 Å². The average molecular weight is 208 g/mol. The van der Waals surface area contributed by atoms with Crippen LogP contribution in [0.2, 0.25) is 0 Å². The molecule has 2 rings (SSSR count). The van der Waals surface area contributed by atoms with Crippen molar-refractivity contribution in [2.45, 2.75) is 39.2 Å². The maximum atomic E-state index is 13.4. The summed E-state index contributed by atoms with van der Waals surface area (Å²) in [5.41, 5.74) is 2.11. The summed E-state index contributed by atoms with van der Waals surface area (Å²) in [6.07, 6.45) is 2.87. The van der Waals surface area contributed by atoms with Crippen molar-refractivity contribution >= 4 is 0 Å². The smallest absolute Gasteiger partial charge is 0.129 e. The zero-order valence-electron chi connectivity index (χ0n) is 9.26. The zero-order chi connectivity index (χ0) is 11.0. The van der Waals surface area contributed by atoms with Gasteiger partial charge in [-0.2, -0.15) is 0 Å². The SMILES string of the molecule is Cc1cc(C(O)CC2CC2)cc(C)c1F. The first kappa shape index (κ1) is 10.6. The first-order valence-electron chi connectivity index (χ1n) is 5.52. The van der Waals surface area contributed by atoms with Crippen LogP contribution in [0, 0.1) is 25.6 Å². The first-order valence-corrected chi connectivity index (χ1v) is 5.52. The molecule has 0 saturated heterocycles. The Kier molecular flexibility index (Phi) is 2.79. The van der Waals surface area contributed by atoms with Gasteiger partial charge in [-0.15, -0.1) is 0 Å². The second-order valence-electron chi connectivity index (χ2n) is 4.66. The van der Waals surface area contributed by atoms with Gasteiger partial charge in [0.2, 0.25) is 0 Å². The van der Waals surface area contributed by atoms with E-state index in [0.29, 0.717) is 17.0 Å². The van der Waals surface area contributed by atoms with Gasteiger partial charge in [0.15, 0.2) is 0 Å². The highest BCUT2D eigenvalue weighted by Gasteiger charge is 2.25. The largest absolute Gasteiger partial charge is 0.388 e. The molecule has 1 saturated carbocycles. The van der Waals surface area contributed by atoms with Crippen molar-refractivity contribution < 1.29 is 9.50 Å². The standard InChI is InChI=1S/C13H17FO/c1-8-5-11(6-9(2)13(8)14)12(15)7-10-3-4-10/h5-6,10,12,15H,3-4,7H2,1-2H3. The lowest BCUT2D eigenvalue weighted by atomic mass is 9.99. The molecule has 1 unspecified atom stereocenters. The average Bonchev–Trinajstić information content (AvgIpc) is 2.97. The minimum Gasteiger partial charge on any atom is -0.388 e. The normalized spacial score (nSPS) is 17.9. The Morgan fingerprint density at radius 1 is 1.33 bits per heavy atom. The second-order valence-corrected chi connectivity index (χ2v) is 4.66. The molecule has 1 aromatic carbocycles. The third-order valence-electron chi connectivity index (χ3n) is 3.10. The van der Waals surface area contributed by atoms with Gasteiger partial charge in [0.05, 0.1) is 6.10 Å². The van der Waals surface area contributed by atoms with Crippen LogP contribution in [0.4, 0.5) is 4.39 Å². The number of rotatable bonds is 3. The third-order valence-corrected chi connectivity index (χ3v) is 3.10. The first-order chi connectivity index (χ1) is 7.08. The van der Waals surface area contributed by atoms with Crippen LogP contribution >= 0.6 is 0 Å². The summed E-state index contributed by atoms with van der Waals surface area (Å²) in [5, 5.41) is 9.95. The lowest BCUT2D eigenvalue weighted by Crippen LogP contribution is -2.01. The maximum absolute atomic E-state index is 13.4. The number of benzene rings is 1. The topological polar surface area (TPSA) is 20.2 Å². The molecule has 2 heteroatoms. The number of aliphatic hydroxyl groups is 1. The fourth-order valence-corrected chi connectivity index (χ4v) is 1.98. The van der Waals surface area contributed by atoms with E-state index in [4.69, 9.17) is 0 Å². The molecule has 0 aromatic heterocycles. The van der Waals surface area contributed by atoms with Crippen LogP contribution in [-0.4, -0.2) is 5.11 Å². The van der Waals surface area contributed by atoms with Gasteiger partial charge in [-0.05, 0) is 42.9 Å². The second kappa shape index (κ2) is 3.93. The summed E-state index contributed by atoms with van der Waals surface area (Å²) in [7, 11) is 0. The molecule has 0 radical (unpaired) electrons. The third kappa shape index (κ3) is 2.37. The van der Waals surface area contributed by atoms with Crippen LogP contribution in [0.3, 0.4) is 0 Å². The molecule has 1 nitrogen and oxygen atoms in total. The molecule has 1 aliphatic carbocycles. The molecule has 0 spiro atoms. The Morgan fingerprint density at radius 2 is 1.87 bits per heavy atom. The highest BCUT2D eigenvalue weighted by atomic mass is 19.1. The van der Waals surface area contributed by atoms with Gasteiger partial charge in [0.1, 0.15) is 5.82 Å². The molecule has 0 heterocycles. The molecule has 0 bridgehead atoms. The van der Waals surface area contributed by atoms with E-state index in [1.54, 1.807) is 26.0 Å². The highest BCUT2D eigenvalue weighted by Crippen LogP contribution is 2.37. The monoisotopic (exact) mass is 208 g/mol.